The number of ether oxygens (including phenoxy) is 2. The normalized spacial score (nSPS) is 11.6. The van der Waals surface area contributed by atoms with Crippen LogP contribution in [-0.4, -0.2) is 31.2 Å². The third-order valence-electron chi connectivity index (χ3n) is 2.48. The maximum Gasteiger partial charge on any atom is 0.315 e. The van der Waals surface area contributed by atoms with Crippen molar-refractivity contribution >= 4 is 33.5 Å². The molecular weight excluding hydrogens is 318 g/mol. The van der Waals surface area contributed by atoms with Gasteiger partial charge in [0, 0.05) is 17.8 Å². The molecule has 0 radical (unpaired) electrons. The summed E-state index contributed by atoms with van der Waals surface area (Å²) in [5.41, 5.74) is 0.398. The van der Waals surface area contributed by atoms with Gasteiger partial charge in [-0.3, -0.25) is 9.59 Å². The molecular formula is C12H14BrNO5. The topological polar surface area (TPSA) is 84.9 Å². The lowest BCUT2D eigenvalue weighted by atomic mass is 10.1. The van der Waals surface area contributed by atoms with Crippen molar-refractivity contribution < 1.29 is 24.2 Å². The van der Waals surface area contributed by atoms with Crippen molar-refractivity contribution in [1.29, 1.82) is 0 Å². The van der Waals surface area contributed by atoms with Crippen molar-refractivity contribution in [3.63, 3.8) is 0 Å². The van der Waals surface area contributed by atoms with E-state index in [1.54, 1.807) is 12.1 Å². The van der Waals surface area contributed by atoms with Crippen molar-refractivity contribution in [2.24, 2.45) is 5.92 Å². The fraction of sp³-hybridized carbons (Fsp3) is 0.333. The average Bonchev–Trinajstić information content (AvgIpc) is 2.39. The molecule has 1 unspecified atom stereocenters. The number of carboxylic acid groups (broad SMARTS) is 1. The Morgan fingerprint density at radius 2 is 1.74 bits per heavy atom. The van der Waals surface area contributed by atoms with Crippen LogP contribution in [0.1, 0.15) is 6.92 Å². The number of rotatable bonds is 5. The van der Waals surface area contributed by atoms with E-state index in [0.29, 0.717) is 21.7 Å². The molecule has 1 rings (SSSR count). The van der Waals surface area contributed by atoms with Gasteiger partial charge in [0.15, 0.2) is 0 Å². The molecule has 0 aliphatic carbocycles. The third kappa shape index (κ3) is 3.60. The maximum absolute atomic E-state index is 11.7. The monoisotopic (exact) mass is 331 g/mol. The molecule has 1 aromatic rings. The van der Waals surface area contributed by atoms with Gasteiger partial charge in [-0.1, -0.05) is 0 Å². The van der Waals surface area contributed by atoms with E-state index in [9.17, 15) is 9.59 Å². The van der Waals surface area contributed by atoms with E-state index in [-0.39, 0.29) is 0 Å². The maximum atomic E-state index is 11.7. The van der Waals surface area contributed by atoms with Gasteiger partial charge in [-0.05, 0) is 22.9 Å². The van der Waals surface area contributed by atoms with Gasteiger partial charge in [0.2, 0.25) is 5.91 Å². The van der Waals surface area contributed by atoms with E-state index in [4.69, 9.17) is 14.6 Å². The summed E-state index contributed by atoms with van der Waals surface area (Å²) in [7, 11) is 2.95. The number of carboxylic acids is 1. The number of methoxy groups -OCH3 is 2. The van der Waals surface area contributed by atoms with Gasteiger partial charge < -0.3 is 19.9 Å². The fourth-order valence-corrected chi connectivity index (χ4v) is 1.86. The molecule has 19 heavy (non-hydrogen) atoms. The van der Waals surface area contributed by atoms with Crippen LogP contribution in [0, 0.1) is 5.92 Å². The highest BCUT2D eigenvalue weighted by atomic mass is 79.9. The van der Waals surface area contributed by atoms with Crippen LogP contribution in [0.4, 0.5) is 5.69 Å². The van der Waals surface area contributed by atoms with Crippen LogP contribution in [-0.2, 0) is 9.59 Å². The number of nitrogens with one attached hydrogen (secondary N) is 1. The van der Waals surface area contributed by atoms with Crippen LogP contribution in [0.2, 0.25) is 0 Å². The first-order chi connectivity index (χ1) is 8.90. The van der Waals surface area contributed by atoms with Crippen LogP contribution < -0.4 is 14.8 Å². The van der Waals surface area contributed by atoms with Crippen molar-refractivity contribution in [3.05, 3.63) is 16.6 Å². The molecule has 6 nitrogen and oxygen atoms in total. The molecule has 1 aromatic carbocycles. The number of aliphatic carboxylic acids is 1. The first-order valence-electron chi connectivity index (χ1n) is 5.35. The molecule has 0 aromatic heterocycles. The van der Waals surface area contributed by atoms with Gasteiger partial charge in [-0.15, -0.1) is 0 Å². The Labute approximate surface area is 118 Å². The first-order valence-corrected chi connectivity index (χ1v) is 6.15. The molecule has 0 bridgehead atoms. The fourth-order valence-electron chi connectivity index (χ4n) is 1.30. The Kier molecular flexibility index (Phi) is 5.17. The summed E-state index contributed by atoms with van der Waals surface area (Å²) in [6.07, 6.45) is 0. The van der Waals surface area contributed by atoms with Crippen molar-refractivity contribution in [2.75, 3.05) is 19.5 Å². The number of carbonyl (C=O) groups excluding carboxylic acids is 1. The van der Waals surface area contributed by atoms with Crippen molar-refractivity contribution in [2.45, 2.75) is 6.92 Å². The zero-order chi connectivity index (χ0) is 14.6. The Hall–Kier alpha value is -1.76. The summed E-state index contributed by atoms with van der Waals surface area (Å²) in [4.78, 5) is 22.4. The van der Waals surface area contributed by atoms with Crippen LogP contribution in [0.15, 0.2) is 16.6 Å². The van der Waals surface area contributed by atoms with Gasteiger partial charge in [0.05, 0.1) is 14.2 Å². The number of benzene rings is 1. The zero-order valence-electron chi connectivity index (χ0n) is 10.7. The van der Waals surface area contributed by atoms with Crippen LogP contribution in [0.3, 0.4) is 0 Å². The summed E-state index contributed by atoms with van der Waals surface area (Å²) in [6.45, 7) is 1.31. The van der Waals surface area contributed by atoms with Crippen molar-refractivity contribution in [3.8, 4) is 11.5 Å². The predicted octanol–water partition coefficient (Wildman–Crippen LogP) is 2.13. The SMILES string of the molecule is COc1cc(NC(=O)C(C)C(=O)O)cc(OC)c1Br. The minimum atomic E-state index is -1.19. The number of hydrogen-bond acceptors (Lipinski definition) is 4. The molecule has 0 aliphatic heterocycles. The van der Waals surface area contributed by atoms with Crippen molar-refractivity contribution in [1.82, 2.24) is 0 Å². The van der Waals surface area contributed by atoms with Crippen LogP contribution in [0.25, 0.3) is 0 Å². The number of hydrogen-bond donors (Lipinski definition) is 2. The number of amides is 1. The quantitative estimate of drug-likeness (QED) is 0.807. The zero-order valence-corrected chi connectivity index (χ0v) is 12.3. The molecule has 1 atom stereocenters. The van der Waals surface area contributed by atoms with E-state index in [2.05, 4.69) is 21.2 Å². The van der Waals surface area contributed by atoms with Gasteiger partial charge in [0.25, 0.3) is 0 Å². The minimum Gasteiger partial charge on any atom is -0.495 e. The number of anilines is 1. The van der Waals surface area contributed by atoms with Crippen LogP contribution >= 0.6 is 15.9 Å². The lowest BCUT2D eigenvalue weighted by Gasteiger charge is -2.13. The first kappa shape index (κ1) is 15.3. The molecule has 0 spiro atoms. The number of carbonyl (C=O) groups is 2. The molecule has 0 aliphatic rings. The predicted molar refractivity (Wildman–Crippen MR) is 72.7 cm³/mol. The molecule has 0 fully saturated rings. The van der Waals surface area contributed by atoms with Gasteiger partial charge >= 0.3 is 5.97 Å². The lowest BCUT2D eigenvalue weighted by Crippen LogP contribution is -2.26. The van der Waals surface area contributed by atoms with E-state index < -0.39 is 17.8 Å². The van der Waals surface area contributed by atoms with E-state index in [1.807, 2.05) is 0 Å². The lowest BCUT2D eigenvalue weighted by molar-refractivity contribution is -0.144. The Bertz CT molecular complexity index is 478. The summed E-state index contributed by atoms with van der Waals surface area (Å²) in [5, 5.41) is 11.3. The molecule has 1 amide bonds. The highest BCUT2D eigenvalue weighted by Gasteiger charge is 2.21. The summed E-state index contributed by atoms with van der Waals surface area (Å²) in [5.74, 6) is -2.00. The number of halogens is 1. The summed E-state index contributed by atoms with van der Waals surface area (Å²) >= 11 is 3.30. The Morgan fingerprint density at radius 3 is 2.11 bits per heavy atom. The highest BCUT2D eigenvalue weighted by Crippen LogP contribution is 2.37. The van der Waals surface area contributed by atoms with Gasteiger partial charge in [-0.2, -0.15) is 0 Å². The van der Waals surface area contributed by atoms with E-state index in [1.165, 1.54) is 21.1 Å². The molecule has 104 valence electrons. The van der Waals surface area contributed by atoms with Gasteiger partial charge in [0.1, 0.15) is 21.9 Å². The second kappa shape index (κ2) is 6.42. The Morgan fingerprint density at radius 1 is 1.26 bits per heavy atom. The third-order valence-corrected chi connectivity index (χ3v) is 3.26. The van der Waals surface area contributed by atoms with Gasteiger partial charge in [-0.25, -0.2) is 0 Å². The molecule has 0 saturated heterocycles. The van der Waals surface area contributed by atoms with E-state index in [0.717, 1.165) is 0 Å². The summed E-state index contributed by atoms with van der Waals surface area (Å²) < 4.78 is 10.9. The highest BCUT2D eigenvalue weighted by molar-refractivity contribution is 9.10. The Balaban J connectivity index is 3.02. The molecule has 7 heteroatoms. The average molecular weight is 332 g/mol. The van der Waals surface area contributed by atoms with Crippen LogP contribution in [0.5, 0.6) is 11.5 Å². The second-order valence-electron chi connectivity index (χ2n) is 3.74. The van der Waals surface area contributed by atoms with E-state index >= 15 is 0 Å². The second-order valence-corrected chi connectivity index (χ2v) is 4.54. The molecule has 2 N–H and O–H groups in total. The largest absolute Gasteiger partial charge is 0.495 e. The smallest absolute Gasteiger partial charge is 0.315 e. The standard InChI is InChI=1S/C12H14BrNO5/c1-6(12(16)17)11(15)14-7-4-8(18-2)10(13)9(5-7)19-3/h4-6H,1-3H3,(H,14,15)(H,16,17). The summed E-state index contributed by atoms with van der Waals surface area (Å²) in [6, 6.07) is 3.14. The minimum absolute atomic E-state index is 0.398. The molecule has 0 heterocycles. The molecule has 0 saturated carbocycles.